The molecule has 0 heterocycles. The molecule has 1 aromatic carbocycles. The van der Waals surface area contributed by atoms with Gasteiger partial charge >= 0.3 is 0 Å². The third-order valence-corrected chi connectivity index (χ3v) is 2.55. The number of likely N-dealkylation sites (N-methyl/N-ethyl adjacent to an activating group) is 1. The number of carbonyl (C=O) groups is 1. The molecule has 2 heteroatoms. The SMILES string of the molecule is CCN[C@H](C)C(=O)c1ccc(CC)cc1. The average molecular weight is 205 g/mol. The van der Waals surface area contributed by atoms with Crippen molar-refractivity contribution in [2.45, 2.75) is 33.2 Å². The Morgan fingerprint density at radius 1 is 1.27 bits per heavy atom. The summed E-state index contributed by atoms with van der Waals surface area (Å²) in [6.45, 7) is 6.83. The highest BCUT2D eigenvalue weighted by atomic mass is 16.1. The van der Waals surface area contributed by atoms with Crippen LogP contribution in [0.15, 0.2) is 24.3 Å². The van der Waals surface area contributed by atoms with Gasteiger partial charge in [0, 0.05) is 5.56 Å². The van der Waals surface area contributed by atoms with Crippen molar-refractivity contribution in [3.63, 3.8) is 0 Å². The van der Waals surface area contributed by atoms with Crippen LogP contribution in [0.2, 0.25) is 0 Å². The quantitative estimate of drug-likeness (QED) is 0.748. The van der Waals surface area contributed by atoms with E-state index in [0.29, 0.717) is 0 Å². The number of hydrogen-bond donors (Lipinski definition) is 1. The van der Waals surface area contributed by atoms with E-state index in [2.05, 4.69) is 12.2 Å². The molecule has 15 heavy (non-hydrogen) atoms. The van der Waals surface area contributed by atoms with Gasteiger partial charge in [-0.25, -0.2) is 0 Å². The fourth-order valence-corrected chi connectivity index (χ4v) is 1.55. The molecule has 1 rings (SSSR count). The monoisotopic (exact) mass is 205 g/mol. The first kappa shape index (κ1) is 11.9. The van der Waals surface area contributed by atoms with Gasteiger partial charge in [-0.05, 0) is 25.5 Å². The topological polar surface area (TPSA) is 29.1 Å². The van der Waals surface area contributed by atoms with Crippen LogP contribution in [0, 0.1) is 0 Å². The van der Waals surface area contributed by atoms with Gasteiger partial charge in [0.25, 0.3) is 0 Å². The van der Waals surface area contributed by atoms with Crippen molar-refractivity contribution in [3.05, 3.63) is 35.4 Å². The molecular formula is C13H19NO. The van der Waals surface area contributed by atoms with Gasteiger partial charge in [0.15, 0.2) is 5.78 Å². The number of ketones is 1. The summed E-state index contributed by atoms with van der Waals surface area (Å²) in [5.74, 6) is 0.166. The fraction of sp³-hybridized carbons (Fsp3) is 0.462. The van der Waals surface area contributed by atoms with Crippen molar-refractivity contribution in [1.82, 2.24) is 5.32 Å². The van der Waals surface area contributed by atoms with Crippen LogP contribution in [0.4, 0.5) is 0 Å². The summed E-state index contributed by atoms with van der Waals surface area (Å²) < 4.78 is 0. The summed E-state index contributed by atoms with van der Waals surface area (Å²) >= 11 is 0. The number of Topliss-reactive ketones (excluding diaryl/α,β-unsaturated/α-hetero) is 1. The van der Waals surface area contributed by atoms with E-state index >= 15 is 0 Å². The van der Waals surface area contributed by atoms with E-state index in [0.717, 1.165) is 18.5 Å². The van der Waals surface area contributed by atoms with E-state index in [1.54, 1.807) is 0 Å². The maximum absolute atomic E-state index is 11.9. The molecule has 0 aromatic heterocycles. The lowest BCUT2D eigenvalue weighted by Crippen LogP contribution is -2.33. The molecule has 0 saturated heterocycles. The first-order valence-corrected chi connectivity index (χ1v) is 5.55. The molecule has 0 radical (unpaired) electrons. The summed E-state index contributed by atoms with van der Waals surface area (Å²) in [5, 5.41) is 3.12. The first-order valence-electron chi connectivity index (χ1n) is 5.55. The van der Waals surface area contributed by atoms with Crippen LogP contribution < -0.4 is 5.32 Å². The van der Waals surface area contributed by atoms with Crippen molar-refractivity contribution in [2.24, 2.45) is 0 Å². The highest BCUT2D eigenvalue weighted by Crippen LogP contribution is 2.07. The highest BCUT2D eigenvalue weighted by Gasteiger charge is 2.13. The number of aryl methyl sites for hydroxylation is 1. The number of hydrogen-bond acceptors (Lipinski definition) is 2. The largest absolute Gasteiger partial charge is 0.308 e. The number of nitrogens with one attached hydrogen (secondary N) is 1. The molecule has 0 aliphatic heterocycles. The Labute approximate surface area is 91.7 Å². The molecule has 82 valence electrons. The van der Waals surface area contributed by atoms with E-state index in [4.69, 9.17) is 0 Å². The van der Waals surface area contributed by atoms with Crippen molar-refractivity contribution < 1.29 is 4.79 Å². The van der Waals surface area contributed by atoms with Gasteiger partial charge in [0.05, 0.1) is 6.04 Å². The van der Waals surface area contributed by atoms with Crippen LogP contribution in [0.1, 0.15) is 36.7 Å². The highest BCUT2D eigenvalue weighted by molar-refractivity contribution is 5.99. The Morgan fingerprint density at radius 2 is 1.87 bits per heavy atom. The van der Waals surface area contributed by atoms with Crippen molar-refractivity contribution in [3.8, 4) is 0 Å². The van der Waals surface area contributed by atoms with Crippen LogP contribution in [-0.2, 0) is 6.42 Å². The summed E-state index contributed by atoms with van der Waals surface area (Å²) in [6, 6.07) is 7.77. The van der Waals surface area contributed by atoms with Gasteiger partial charge < -0.3 is 5.32 Å². The molecule has 0 spiro atoms. The second-order valence-corrected chi connectivity index (χ2v) is 3.69. The Hall–Kier alpha value is -1.15. The first-order chi connectivity index (χ1) is 7.19. The molecule has 0 aliphatic carbocycles. The Morgan fingerprint density at radius 3 is 2.33 bits per heavy atom. The maximum atomic E-state index is 11.9. The van der Waals surface area contributed by atoms with Crippen molar-refractivity contribution >= 4 is 5.78 Å². The predicted octanol–water partition coefficient (Wildman–Crippen LogP) is 2.43. The molecule has 1 aromatic rings. The average Bonchev–Trinajstić information content (AvgIpc) is 2.28. The van der Waals surface area contributed by atoms with Gasteiger partial charge in [-0.1, -0.05) is 38.1 Å². The van der Waals surface area contributed by atoms with Gasteiger partial charge in [-0.2, -0.15) is 0 Å². The van der Waals surface area contributed by atoms with E-state index in [9.17, 15) is 4.79 Å². The smallest absolute Gasteiger partial charge is 0.179 e. The van der Waals surface area contributed by atoms with Gasteiger partial charge in [0.1, 0.15) is 0 Å². The number of carbonyl (C=O) groups excluding carboxylic acids is 1. The van der Waals surface area contributed by atoms with Gasteiger partial charge in [-0.15, -0.1) is 0 Å². The molecule has 0 unspecified atom stereocenters. The lowest BCUT2D eigenvalue weighted by molar-refractivity contribution is 0.0952. The van der Waals surface area contributed by atoms with Crippen molar-refractivity contribution in [1.29, 1.82) is 0 Å². The third kappa shape index (κ3) is 3.17. The maximum Gasteiger partial charge on any atom is 0.179 e. The zero-order chi connectivity index (χ0) is 11.3. The second-order valence-electron chi connectivity index (χ2n) is 3.69. The van der Waals surface area contributed by atoms with E-state index < -0.39 is 0 Å². The van der Waals surface area contributed by atoms with E-state index in [1.807, 2.05) is 38.1 Å². The molecule has 0 amide bonds. The van der Waals surface area contributed by atoms with E-state index in [-0.39, 0.29) is 11.8 Å². The molecule has 2 nitrogen and oxygen atoms in total. The minimum Gasteiger partial charge on any atom is -0.308 e. The van der Waals surface area contributed by atoms with Crippen LogP contribution in [0.3, 0.4) is 0 Å². The zero-order valence-electron chi connectivity index (χ0n) is 9.71. The van der Waals surface area contributed by atoms with Crippen LogP contribution in [0.25, 0.3) is 0 Å². The third-order valence-electron chi connectivity index (χ3n) is 2.55. The van der Waals surface area contributed by atoms with Gasteiger partial charge in [0.2, 0.25) is 0 Å². The Kier molecular flexibility index (Phi) is 4.50. The standard InChI is InChI=1S/C13H19NO/c1-4-11-6-8-12(9-7-11)13(15)10(3)14-5-2/h6-10,14H,4-5H2,1-3H3/t10-/m1/s1. The molecule has 0 saturated carbocycles. The minimum atomic E-state index is -0.0949. The Bertz CT molecular complexity index is 316. The molecule has 1 atom stereocenters. The zero-order valence-corrected chi connectivity index (χ0v) is 9.71. The van der Waals surface area contributed by atoms with Crippen molar-refractivity contribution in [2.75, 3.05) is 6.54 Å². The Balaban J connectivity index is 2.73. The normalized spacial score (nSPS) is 12.5. The molecule has 0 bridgehead atoms. The lowest BCUT2D eigenvalue weighted by atomic mass is 10.0. The summed E-state index contributed by atoms with van der Waals surface area (Å²) in [4.78, 5) is 11.9. The predicted molar refractivity (Wildman–Crippen MR) is 63.3 cm³/mol. The number of rotatable bonds is 5. The second kappa shape index (κ2) is 5.66. The van der Waals surface area contributed by atoms with E-state index in [1.165, 1.54) is 5.56 Å². The van der Waals surface area contributed by atoms with Crippen LogP contribution in [-0.4, -0.2) is 18.4 Å². The molecule has 0 fully saturated rings. The lowest BCUT2D eigenvalue weighted by Gasteiger charge is -2.11. The van der Waals surface area contributed by atoms with Gasteiger partial charge in [-0.3, -0.25) is 4.79 Å². The summed E-state index contributed by atoms with van der Waals surface area (Å²) in [5.41, 5.74) is 2.06. The minimum absolute atomic E-state index is 0.0949. The molecule has 1 N–H and O–H groups in total. The number of benzene rings is 1. The summed E-state index contributed by atoms with van der Waals surface area (Å²) in [7, 11) is 0. The summed E-state index contributed by atoms with van der Waals surface area (Å²) in [6.07, 6.45) is 1.01. The fourth-order valence-electron chi connectivity index (χ4n) is 1.55. The molecule has 0 aliphatic rings. The van der Waals surface area contributed by atoms with Crippen LogP contribution >= 0.6 is 0 Å². The molecular weight excluding hydrogens is 186 g/mol. The van der Waals surface area contributed by atoms with Crippen LogP contribution in [0.5, 0.6) is 0 Å².